The minimum Gasteiger partial charge on any atom is -0.327 e. The molecule has 4 heteroatoms. The van der Waals surface area contributed by atoms with Gasteiger partial charge in [0.1, 0.15) is 5.15 Å². The van der Waals surface area contributed by atoms with Crippen molar-refractivity contribution >= 4 is 22.5 Å². The van der Waals surface area contributed by atoms with Gasteiger partial charge in [0.25, 0.3) is 0 Å². The zero-order chi connectivity index (χ0) is 15.0. The lowest BCUT2D eigenvalue weighted by Gasteiger charge is -2.34. The highest BCUT2D eigenvalue weighted by Gasteiger charge is 2.22. The average Bonchev–Trinajstić information content (AvgIpc) is 2.38. The summed E-state index contributed by atoms with van der Waals surface area (Å²) >= 11 is 6.38. The Balaban J connectivity index is 1.86. The van der Waals surface area contributed by atoms with Crippen molar-refractivity contribution in [2.24, 2.45) is 11.7 Å². The van der Waals surface area contributed by atoms with Crippen molar-refractivity contribution in [3.05, 3.63) is 40.5 Å². The number of rotatable bonds is 2. The van der Waals surface area contributed by atoms with E-state index in [0.717, 1.165) is 42.5 Å². The number of halogens is 1. The lowest BCUT2D eigenvalue weighted by Crippen LogP contribution is -2.45. The van der Waals surface area contributed by atoms with Crippen LogP contribution in [0.15, 0.2) is 24.3 Å². The molecule has 2 unspecified atom stereocenters. The Hall–Kier alpha value is -1.16. The quantitative estimate of drug-likeness (QED) is 0.865. The second-order valence-electron chi connectivity index (χ2n) is 6.43. The third kappa shape index (κ3) is 3.37. The molecule has 0 radical (unpaired) electrons. The summed E-state index contributed by atoms with van der Waals surface area (Å²) in [5.74, 6) is 0.642. The monoisotopic (exact) mass is 303 g/mol. The molecule has 112 valence electrons. The van der Waals surface area contributed by atoms with Gasteiger partial charge in [-0.3, -0.25) is 4.90 Å². The average molecular weight is 304 g/mol. The number of hydrogen-bond donors (Lipinski definition) is 1. The van der Waals surface area contributed by atoms with Crippen molar-refractivity contribution in [1.29, 1.82) is 0 Å². The predicted molar refractivity (Wildman–Crippen MR) is 88.5 cm³/mol. The molecule has 0 bridgehead atoms. The molecule has 1 aromatic carbocycles. The normalized spacial score (nSPS) is 23.6. The van der Waals surface area contributed by atoms with Crippen molar-refractivity contribution in [3.63, 3.8) is 0 Å². The molecular weight excluding hydrogens is 282 g/mol. The lowest BCUT2D eigenvalue weighted by atomic mass is 9.96. The summed E-state index contributed by atoms with van der Waals surface area (Å²) in [6, 6.07) is 8.73. The third-order valence-corrected chi connectivity index (χ3v) is 4.49. The van der Waals surface area contributed by atoms with Crippen LogP contribution in [0.5, 0.6) is 0 Å². The van der Waals surface area contributed by atoms with E-state index in [-0.39, 0.29) is 6.04 Å². The van der Waals surface area contributed by atoms with Gasteiger partial charge in [0.2, 0.25) is 0 Å². The second-order valence-corrected chi connectivity index (χ2v) is 6.79. The first-order chi connectivity index (χ1) is 10.0. The Morgan fingerprint density at radius 1 is 1.33 bits per heavy atom. The number of hydrogen-bond acceptors (Lipinski definition) is 3. The van der Waals surface area contributed by atoms with E-state index in [1.165, 1.54) is 5.56 Å². The molecule has 0 aliphatic carbocycles. The van der Waals surface area contributed by atoms with Crippen molar-refractivity contribution < 1.29 is 0 Å². The van der Waals surface area contributed by atoms with Gasteiger partial charge in [-0.2, -0.15) is 0 Å². The Bertz CT molecular complexity index is 646. The van der Waals surface area contributed by atoms with Crippen LogP contribution < -0.4 is 5.73 Å². The third-order valence-electron chi connectivity index (χ3n) is 4.16. The van der Waals surface area contributed by atoms with Crippen molar-refractivity contribution in [2.75, 3.05) is 13.1 Å². The molecule has 2 N–H and O–H groups in total. The van der Waals surface area contributed by atoms with Crippen LogP contribution in [0, 0.1) is 12.8 Å². The number of fused-ring (bicyclic) bond motifs is 1. The molecule has 0 spiro atoms. The van der Waals surface area contributed by atoms with Gasteiger partial charge in [0.15, 0.2) is 0 Å². The first-order valence-corrected chi connectivity index (χ1v) is 7.93. The standard InChI is InChI=1S/C17H22ClN3/c1-11-3-4-13-7-14(17(18)20-16(13)6-11)9-21-8-12(2)5-15(19)10-21/h3-4,6-7,12,15H,5,8-10,19H2,1-2H3. The van der Waals surface area contributed by atoms with Gasteiger partial charge in [0, 0.05) is 36.6 Å². The highest BCUT2D eigenvalue weighted by molar-refractivity contribution is 6.30. The van der Waals surface area contributed by atoms with Crippen LogP contribution in [-0.2, 0) is 6.54 Å². The van der Waals surface area contributed by atoms with Crippen molar-refractivity contribution in [3.8, 4) is 0 Å². The number of aromatic nitrogens is 1. The minimum atomic E-state index is 0.267. The lowest BCUT2D eigenvalue weighted by molar-refractivity contribution is 0.158. The fraction of sp³-hybridized carbons (Fsp3) is 0.471. The largest absolute Gasteiger partial charge is 0.327 e. The van der Waals surface area contributed by atoms with Gasteiger partial charge < -0.3 is 5.73 Å². The highest BCUT2D eigenvalue weighted by atomic mass is 35.5. The van der Waals surface area contributed by atoms with E-state index in [9.17, 15) is 0 Å². The van der Waals surface area contributed by atoms with E-state index in [0.29, 0.717) is 11.1 Å². The highest BCUT2D eigenvalue weighted by Crippen LogP contribution is 2.24. The zero-order valence-corrected chi connectivity index (χ0v) is 13.4. The van der Waals surface area contributed by atoms with Crippen LogP contribution in [-0.4, -0.2) is 29.0 Å². The van der Waals surface area contributed by atoms with Crippen LogP contribution in [0.25, 0.3) is 10.9 Å². The molecule has 1 aliphatic rings. The summed E-state index contributed by atoms with van der Waals surface area (Å²) in [5.41, 5.74) is 9.38. The van der Waals surface area contributed by atoms with Crippen LogP contribution in [0.1, 0.15) is 24.5 Å². The predicted octanol–water partition coefficient (Wildman–Crippen LogP) is 3.37. The van der Waals surface area contributed by atoms with Gasteiger partial charge >= 0.3 is 0 Å². The van der Waals surface area contributed by atoms with Crippen LogP contribution in [0.4, 0.5) is 0 Å². The number of nitrogens with zero attached hydrogens (tertiary/aromatic N) is 2. The molecule has 0 amide bonds. The zero-order valence-electron chi connectivity index (χ0n) is 12.6. The fourth-order valence-electron chi connectivity index (χ4n) is 3.29. The summed E-state index contributed by atoms with van der Waals surface area (Å²) in [6.07, 6.45) is 1.11. The Morgan fingerprint density at radius 2 is 2.14 bits per heavy atom. The van der Waals surface area contributed by atoms with E-state index in [1.54, 1.807) is 0 Å². The topological polar surface area (TPSA) is 42.1 Å². The van der Waals surface area contributed by atoms with E-state index < -0.39 is 0 Å². The minimum absolute atomic E-state index is 0.267. The number of benzene rings is 1. The maximum absolute atomic E-state index is 6.38. The van der Waals surface area contributed by atoms with Gasteiger partial charge in [-0.15, -0.1) is 0 Å². The number of piperidine rings is 1. The van der Waals surface area contributed by atoms with Crippen LogP contribution in [0.3, 0.4) is 0 Å². The first-order valence-electron chi connectivity index (χ1n) is 7.55. The fourth-order valence-corrected chi connectivity index (χ4v) is 3.50. The Morgan fingerprint density at radius 3 is 2.90 bits per heavy atom. The Labute approximate surface area is 131 Å². The smallest absolute Gasteiger partial charge is 0.134 e. The van der Waals surface area contributed by atoms with Crippen LogP contribution in [0.2, 0.25) is 5.15 Å². The van der Waals surface area contributed by atoms with Crippen molar-refractivity contribution in [2.45, 2.75) is 32.9 Å². The summed E-state index contributed by atoms with van der Waals surface area (Å²) < 4.78 is 0. The van der Waals surface area contributed by atoms with Gasteiger partial charge in [-0.1, -0.05) is 30.7 Å². The first kappa shape index (κ1) is 14.8. The Kier molecular flexibility index (Phi) is 4.16. The molecule has 0 saturated carbocycles. The van der Waals surface area contributed by atoms with Gasteiger partial charge in [0.05, 0.1) is 5.52 Å². The number of nitrogens with two attached hydrogens (primary N) is 1. The molecule has 21 heavy (non-hydrogen) atoms. The summed E-state index contributed by atoms with van der Waals surface area (Å²) in [5, 5.41) is 1.76. The number of pyridine rings is 1. The second kappa shape index (κ2) is 5.91. The molecule has 1 aromatic heterocycles. The molecule has 1 aliphatic heterocycles. The SMILES string of the molecule is Cc1ccc2cc(CN3CC(C)CC(N)C3)c(Cl)nc2c1. The van der Waals surface area contributed by atoms with Gasteiger partial charge in [-0.05, 0) is 37.0 Å². The number of aryl methyl sites for hydroxylation is 1. The number of likely N-dealkylation sites (tertiary alicyclic amines) is 1. The van der Waals surface area contributed by atoms with Crippen LogP contribution >= 0.6 is 11.6 Å². The van der Waals surface area contributed by atoms with E-state index in [1.807, 2.05) is 0 Å². The molecule has 2 heterocycles. The molecule has 1 saturated heterocycles. The summed E-state index contributed by atoms with van der Waals surface area (Å²) in [4.78, 5) is 6.94. The van der Waals surface area contributed by atoms with E-state index >= 15 is 0 Å². The van der Waals surface area contributed by atoms with E-state index in [4.69, 9.17) is 17.3 Å². The molecular formula is C17H22ClN3. The summed E-state index contributed by atoms with van der Waals surface area (Å²) in [7, 11) is 0. The maximum Gasteiger partial charge on any atom is 0.134 e. The van der Waals surface area contributed by atoms with Crippen molar-refractivity contribution in [1.82, 2.24) is 9.88 Å². The molecule has 2 atom stereocenters. The summed E-state index contributed by atoms with van der Waals surface area (Å²) in [6.45, 7) is 7.17. The maximum atomic E-state index is 6.38. The van der Waals surface area contributed by atoms with E-state index in [2.05, 4.69) is 48.0 Å². The molecule has 3 rings (SSSR count). The molecule has 2 aromatic rings. The molecule has 3 nitrogen and oxygen atoms in total. The molecule has 1 fully saturated rings. The van der Waals surface area contributed by atoms with Gasteiger partial charge in [-0.25, -0.2) is 4.98 Å².